The first-order valence-corrected chi connectivity index (χ1v) is 4.81. The summed E-state index contributed by atoms with van der Waals surface area (Å²) in [6.07, 6.45) is 0. The number of hydrogen-bond acceptors (Lipinski definition) is 4. The van der Waals surface area contributed by atoms with Crippen LogP contribution in [0.5, 0.6) is 0 Å². The van der Waals surface area contributed by atoms with Crippen LogP contribution in [0.25, 0.3) is 0 Å². The predicted molar refractivity (Wildman–Crippen MR) is 45.3 cm³/mol. The standard InChI is InChI=1S/C6H15NO4S/c1-6(2,7(3)4)5-11-12(8,9)10/h5H2,1-4H3,(H,8,9,10). The molecule has 0 amide bonds. The molecule has 0 rings (SSSR count). The van der Waals surface area contributed by atoms with E-state index in [4.69, 9.17) is 4.55 Å². The van der Waals surface area contributed by atoms with Crippen molar-refractivity contribution in [3.8, 4) is 0 Å². The largest absolute Gasteiger partial charge is 0.397 e. The van der Waals surface area contributed by atoms with Crippen LogP contribution in [-0.4, -0.2) is 44.1 Å². The summed E-state index contributed by atoms with van der Waals surface area (Å²) in [7, 11) is -0.720. The third-order valence-corrected chi connectivity index (χ3v) is 2.19. The van der Waals surface area contributed by atoms with E-state index in [1.165, 1.54) is 0 Å². The Bertz CT molecular complexity index is 232. The molecule has 0 fully saturated rings. The molecule has 0 aliphatic carbocycles. The molecule has 0 aliphatic rings. The Labute approximate surface area is 73.3 Å². The Morgan fingerprint density at radius 1 is 1.42 bits per heavy atom. The Hall–Kier alpha value is -0.170. The molecule has 0 bridgehead atoms. The van der Waals surface area contributed by atoms with Crippen molar-refractivity contribution in [3.05, 3.63) is 0 Å². The minimum atomic E-state index is -4.32. The molecule has 12 heavy (non-hydrogen) atoms. The van der Waals surface area contributed by atoms with Gasteiger partial charge in [0.25, 0.3) is 0 Å². The topological polar surface area (TPSA) is 66.8 Å². The van der Waals surface area contributed by atoms with E-state index in [1.807, 2.05) is 0 Å². The Morgan fingerprint density at radius 3 is 2.08 bits per heavy atom. The van der Waals surface area contributed by atoms with Crippen LogP contribution in [0.2, 0.25) is 0 Å². The summed E-state index contributed by atoms with van der Waals surface area (Å²) < 4.78 is 33.0. The molecular weight excluding hydrogens is 182 g/mol. The van der Waals surface area contributed by atoms with Gasteiger partial charge < -0.3 is 4.90 Å². The summed E-state index contributed by atoms with van der Waals surface area (Å²) in [4.78, 5) is 1.80. The van der Waals surface area contributed by atoms with Gasteiger partial charge in [-0.2, -0.15) is 8.42 Å². The molecule has 0 atom stereocenters. The summed E-state index contributed by atoms with van der Waals surface area (Å²) >= 11 is 0. The lowest BCUT2D eigenvalue weighted by atomic mass is 10.1. The van der Waals surface area contributed by atoms with Crippen LogP contribution in [0, 0.1) is 0 Å². The van der Waals surface area contributed by atoms with Gasteiger partial charge in [-0.1, -0.05) is 0 Å². The zero-order valence-corrected chi connectivity index (χ0v) is 8.55. The zero-order chi connectivity index (χ0) is 9.99. The van der Waals surface area contributed by atoms with Gasteiger partial charge >= 0.3 is 10.4 Å². The second kappa shape index (κ2) is 3.69. The van der Waals surface area contributed by atoms with Gasteiger partial charge in [-0.05, 0) is 27.9 Å². The van der Waals surface area contributed by atoms with Crippen molar-refractivity contribution in [1.82, 2.24) is 4.90 Å². The van der Waals surface area contributed by atoms with E-state index >= 15 is 0 Å². The highest BCUT2D eigenvalue weighted by molar-refractivity contribution is 7.80. The predicted octanol–water partition coefficient (Wildman–Crippen LogP) is 0.146. The molecule has 0 saturated carbocycles. The van der Waals surface area contributed by atoms with Gasteiger partial charge in [0, 0.05) is 5.54 Å². The minimum absolute atomic E-state index is 0.0706. The third-order valence-electron chi connectivity index (χ3n) is 1.77. The summed E-state index contributed by atoms with van der Waals surface area (Å²) in [6, 6.07) is 0. The smallest absolute Gasteiger partial charge is 0.302 e. The molecule has 0 aromatic carbocycles. The van der Waals surface area contributed by atoms with Crippen LogP contribution in [-0.2, 0) is 14.6 Å². The van der Waals surface area contributed by atoms with Gasteiger partial charge in [0.1, 0.15) is 0 Å². The maximum absolute atomic E-state index is 10.2. The second-order valence-electron chi connectivity index (χ2n) is 3.40. The SMILES string of the molecule is CN(C)C(C)(C)COS(=O)(=O)O. The van der Waals surface area contributed by atoms with E-state index in [9.17, 15) is 8.42 Å². The minimum Gasteiger partial charge on any atom is -0.302 e. The summed E-state index contributed by atoms with van der Waals surface area (Å²) in [6.45, 7) is 3.54. The molecule has 1 N–H and O–H groups in total. The fourth-order valence-electron chi connectivity index (χ4n) is 0.348. The number of nitrogens with zero attached hydrogens (tertiary/aromatic N) is 1. The first kappa shape index (κ1) is 11.8. The van der Waals surface area contributed by atoms with Crippen molar-refractivity contribution >= 4 is 10.4 Å². The fraction of sp³-hybridized carbons (Fsp3) is 1.00. The van der Waals surface area contributed by atoms with Crippen LogP contribution in [0.1, 0.15) is 13.8 Å². The Balaban J connectivity index is 4.10. The highest BCUT2D eigenvalue weighted by Crippen LogP contribution is 2.10. The lowest BCUT2D eigenvalue weighted by molar-refractivity contribution is 0.109. The fourth-order valence-corrected chi connectivity index (χ4v) is 0.785. The summed E-state index contributed by atoms with van der Waals surface area (Å²) in [5, 5.41) is 0. The molecular formula is C6H15NO4S. The number of hydrogen-bond donors (Lipinski definition) is 1. The van der Waals surface area contributed by atoms with Crippen LogP contribution in [0.15, 0.2) is 0 Å². The summed E-state index contributed by atoms with van der Waals surface area (Å²) in [5.74, 6) is 0. The molecule has 0 unspecified atom stereocenters. The van der Waals surface area contributed by atoms with Crippen LogP contribution in [0.3, 0.4) is 0 Å². The molecule has 0 aromatic heterocycles. The van der Waals surface area contributed by atoms with E-state index in [0.717, 1.165) is 0 Å². The van der Waals surface area contributed by atoms with Gasteiger partial charge in [-0.3, -0.25) is 4.55 Å². The zero-order valence-electron chi connectivity index (χ0n) is 7.73. The molecule has 6 heteroatoms. The third kappa shape index (κ3) is 4.66. The lowest BCUT2D eigenvalue weighted by Gasteiger charge is -2.31. The Kier molecular flexibility index (Phi) is 3.64. The molecule has 0 radical (unpaired) electrons. The van der Waals surface area contributed by atoms with Crippen molar-refractivity contribution in [1.29, 1.82) is 0 Å². The van der Waals surface area contributed by atoms with Crippen molar-refractivity contribution in [2.45, 2.75) is 19.4 Å². The van der Waals surface area contributed by atoms with Crippen molar-refractivity contribution < 1.29 is 17.2 Å². The van der Waals surface area contributed by atoms with Gasteiger partial charge in [0.15, 0.2) is 0 Å². The Morgan fingerprint density at radius 2 is 1.83 bits per heavy atom. The number of rotatable bonds is 4. The average molecular weight is 197 g/mol. The first-order valence-electron chi connectivity index (χ1n) is 3.44. The van der Waals surface area contributed by atoms with E-state index in [2.05, 4.69) is 4.18 Å². The van der Waals surface area contributed by atoms with Gasteiger partial charge in [0.2, 0.25) is 0 Å². The van der Waals surface area contributed by atoms with Crippen LogP contribution in [0.4, 0.5) is 0 Å². The normalized spacial score (nSPS) is 13.8. The van der Waals surface area contributed by atoms with E-state index in [1.54, 1.807) is 32.8 Å². The molecule has 0 aliphatic heterocycles. The molecule has 5 nitrogen and oxygen atoms in total. The molecule has 0 spiro atoms. The van der Waals surface area contributed by atoms with Crippen LogP contribution >= 0.6 is 0 Å². The van der Waals surface area contributed by atoms with Gasteiger partial charge in [0.05, 0.1) is 6.61 Å². The monoisotopic (exact) mass is 197 g/mol. The van der Waals surface area contributed by atoms with Crippen LogP contribution < -0.4 is 0 Å². The summed E-state index contributed by atoms with van der Waals surface area (Å²) in [5.41, 5.74) is -0.421. The van der Waals surface area contributed by atoms with Gasteiger partial charge in [-0.15, -0.1) is 0 Å². The molecule has 0 heterocycles. The number of likely N-dealkylation sites (N-methyl/N-ethyl adjacent to an activating group) is 1. The van der Waals surface area contributed by atoms with E-state index in [0.29, 0.717) is 0 Å². The van der Waals surface area contributed by atoms with Crippen molar-refractivity contribution in [2.75, 3.05) is 20.7 Å². The molecule has 0 aromatic rings. The highest BCUT2D eigenvalue weighted by Gasteiger charge is 2.23. The van der Waals surface area contributed by atoms with E-state index in [-0.39, 0.29) is 6.61 Å². The quantitative estimate of drug-likeness (QED) is 0.650. The second-order valence-corrected chi connectivity index (χ2v) is 4.49. The maximum atomic E-state index is 10.2. The molecule has 0 saturated heterocycles. The molecule has 74 valence electrons. The highest BCUT2D eigenvalue weighted by atomic mass is 32.3. The first-order chi connectivity index (χ1) is 5.15. The van der Waals surface area contributed by atoms with Crippen molar-refractivity contribution in [2.24, 2.45) is 0 Å². The van der Waals surface area contributed by atoms with Gasteiger partial charge in [-0.25, -0.2) is 4.18 Å². The lowest BCUT2D eigenvalue weighted by Crippen LogP contribution is -2.42. The average Bonchev–Trinajstić information content (AvgIpc) is 1.82. The van der Waals surface area contributed by atoms with Crippen molar-refractivity contribution in [3.63, 3.8) is 0 Å². The maximum Gasteiger partial charge on any atom is 0.397 e. The van der Waals surface area contributed by atoms with E-state index < -0.39 is 15.9 Å².